The molecule has 0 bridgehead atoms. The second-order valence-corrected chi connectivity index (χ2v) is 10.6. The summed E-state index contributed by atoms with van der Waals surface area (Å²) in [4.78, 5) is 32.5. The zero-order chi connectivity index (χ0) is 27.8. The third-order valence-electron chi connectivity index (χ3n) is 5.73. The summed E-state index contributed by atoms with van der Waals surface area (Å²) in [5.41, 5.74) is 2.62. The molecular weight excluding hydrogens is 520 g/mol. The number of ether oxygens (including phenoxy) is 2. The number of carbonyl (C=O) groups excluding carboxylic acids is 1. The maximum Gasteiger partial charge on any atom is 0.323 e. The van der Waals surface area contributed by atoms with Gasteiger partial charge >= 0.3 is 6.03 Å². The van der Waals surface area contributed by atoms with E-state index in [1.54, 1.807) is 23.9 Å². The Balaban J connectivity index is 2.10. The van der Waals surface area contributed by atoms with Crippen LogP contribution in [0.3, 0.4) is 0 Å². The van der Waals surface area contributed by atoms with E-state index >= 15 is 0 Å². The zero-order valence-corrected chi connectivity index (χ0v) is 24.6. The molecule has 38 heavy (non-hydrogen) atoms. The molecule has 204 valence electrons. The van der Waals surface area contributed by atoms with E-state index in [1.165, 1.54) is 23.5 Å². The summed E-state index contributed by atoms with van der Waals surface area (Å²) in [6, 6.07) is 8.69. The first-order valence-corrected chi connectivity index (χ1v) is 14.9. The highest BCUT2D eigenvalue weighted by Gasteiger charge is 2.20. The van der Waals surface area contributed by atoms with Crippen molar-refractivity contribution in [3.63, 3.8) is 0 Å². The van der Waals surface area contributed by atoms with Gasteiger partial charge in [-0.1, -0.05) is 13.3 Å². The van der Waals surface area contributed by atoms with E-state index < -0.39 is 6.03 Å². The molecule has 3 rings (SSSR count). The monoisotopic (exact) mass is 556 g/mol. The molecule has 1 aromatic carbocycles. The van der Waals surface area contributed by atoms with Gasteiger partial charge < -0.3 is 24.7 Å². The summed E-state index contributed by atoms with van der Waals surface area (Å²) in [6.07, 6.45) is 7.31. The second kappa shape index (κ2) is 13.6. The molecule has 0 unspecified atom stereocenters. The molecule has 2 aromatic heterocycles. The lowest BCUT2D eigenvalue weighted by molar-refractivity contribution is 0.242. The number of anilines is 2. The lowest BCUT2D eigenvalue weighted by Crippen LogP contribution is -2.29. The van der Waals surface area contributed by atoms with Crippen molar-refractivity contribution >= 4 is 40.9 Å². The molecular formula is C28H36N4O4S2. The molecule has 2 amide bonds. The minimum Gasteiger partial charge on any atom is -0.497 e. The summed E-state index contributed by atoms with van der Waals surface area (Å²) < 4.78 is 13.1. The topological polar surface area (TPSA) is 94.5 Å². The van der Waals surface area contributed by atoms with Crippen molar-refractivity contribution in [2.24, 2.45) is 0 Å². The number of methoxy groups -OCH3 is 1. The predicted octanol–water partition coefficient (Wildman–Crippen LogP) is 6.90. The number of rotatable bonds is 11. The number of aryl methyl sites for hydroxylation is 2. The Morgan fingerprint density at radius 1 is 1.08 bits per heavy atom. The van der Waals surface area contributed by atoms with Crippen LogP contribution in [0.1, 0.15) is 39.3 Å². The largest absolute Gasteiger partial charge is 0.497 e. The summed E-state index contributed by atoms with van der Waals surface area (Å²) in [5.74, 6) is 1.19. The van der Waals surface area contributed by atoms with Gasteiger partial charge in [-0.25, -0.2) is 9.78 Å². The molecule has 0 fully saturated rings. The van der Waals surface area contributed by atoms with Crippen molar-refractivity contribution in [3.8, 4) is 22.6 Å². The number of pyridine rings is 2. The number of hydrogen-bond acceptors (Lipinski definition) is 7. The number of unbranched alkanes of at least 4 members (excludes halogenated alkanes) is 1. The summed E-state index contributed by atoms with van der Waals surface area (Å²) in [6.45, 7) is 8.41. The highest BCUT2D eigenvalue weighted by molar-refractivity contribution is 7.99. The number of hydrogen-bond donors (Lipinski definition) is 2. The van der Waals surface area contributed by atoms with Crippen LogP contribution >= 0.6 is 23.5 Å². The van der Waals surface area contributed by atoms with E-state index in [0.717, 1.165) is 23.4 Å². The maximum atomic E-state index is 13.6. The van der Waals surface area contributed by atoms with Gasteiger partial charge in [0.25, 0.3) is 5.56 Å². The molecule has 3 aromatic rings. The predicted molar refractivity (Wildman–Crippen MR) is 159 cm³/mol. The summed E-state index contributed by atoms with van der Waals surface area (Å²) in [7, 11) is 1.59. The van der Waals surface area contributed by atoms with Gasteiger partial charge in [-0.2, -0.15) is 0 Å². The molecule has 0 saturated heterocycles. The van der Waals surface area contributed by atoms with Gasteiger partial charge in [-0.05, 0) is 64.0 Å². The molecule has 0 aliphatic carbocycles. The van der Waals surface area contributed by atoms with Gasteiger partial charge in [0.2, 0.25) is 0 Å². The summed E-state index contributed by atoms with van der Waals surface area (Å²) >= 11 is 2.98. The van der Waals surface area contributed by atoms with Crippen molar-refractivity contribution < 1.29 is 14.3 Å². The van der Waals surface area contributed by atoms with Crippen LogP contribution in [0, 0.1) is 6.92 Å². The first kappa shape index (κ1) is 29.4. The molecule has 2 N–H and O–H groups in total. The van der Waals surface area contributed by atoms with Crippen LogP contribution in [0.4, 0.5) is 16.2 Å². The Morgan fingerprint density at radius 3 is 2.45 bits per heavy atom. The fourth-order valence-electron chi connectivity index (χ4n) is 3.93. The van der Waals surface area contributed by atoms with Gasteiger partial charge in [0.15, 0.2) is 0 Å². The average molecular weight is 557 g/mol. The minimum atomic E-state index is -0.521. The number of benzene rings is 1. The smallest absolute Gasteiger partial charge is 0.323 e. The lowest BCUT2D eigenvalue weighted by atomic mass is 10.0. The van der Waals surface area contributed by atoms with E-state index in [9.17, 15) is 9.59 Å². The zero-order valence-electron chi connectivity index (χ0n) is 23.0. The number of nitrogens with zero attached hydrogens (tertiary/aromatic N) is 2. The number of amides is 2. The first-order chi connectivity index (χ1) is 18.2. The van der Waals surface area contributed by atoms with Crippen LogP contribution in [0.15, 0.2) is 51.2 Å². The third kappa shape index (κ3) is 7.05. The molecule has 0 aliphatic rings. The number of thioether (sulfide) groups is 2. The standard InChI is InChI=1S/C28H36N4O4S2/c1-8-9-13-32-14-12-21(20-11-10-19(35-5)16-22(20)36-17(2)3)24(27(32)33)30-28(34)31-25-23(37-6)15-18(4)29-26(25)38-7/h10-12,14-17H,8-9,13H2,1-7H3,(H2,30,31,34). The van der Waals surface area contributed by atoms with E-state index in [-0.39, 0.29) is 17.4 Å². The molecule has 8 nitrogen and oxygen atoms in total. The van der Waals surface area contributed by atoms with Crippen molar-refractivity contribution in [2.75, 3.05) is 30.3 Å². The van der Waals surface area contributed by atoms with Crippen LogP contribution in [0.5, 0.6) is 11.5 Å². The second-order valence-electron chi connectivity index (χ2n) is 8.91. The molecule has 0 atom stereocenters. The molecule has 10 heteroatoms. The van der Waals surface area contributed by atoms with Gasteiger partial charge in [0.1, 0.15) is 22.2 Å². The van der Waals surface area contributed by atoms with E-state index in [4.69, 9.17) is 9.47 Å². The SMILES string of the molecule is CCCCn1ccc(-c2ccc(OC)cc2OC(C)C)c(NC(=O)Nc2c(SC)cc(C)nc2SC)c1=O. The van der Waals surface area contributed by atoms with Crippen LogP contribution < -0.4 is 25.7 Å². The van der Waals surface area contributed by atoms with Crippen LogP contribution in [-0.4, -0.2) is 41.3 Å². The fourth-order valence-corrected chi connectivity index (χ4v) is 5.23. The third-order valence-corrected chi connectivity index (χ3v) is 7.17. The van der Waals surface area contributed by atoms with E-state index in [2.05, 4.69) is 22.5 Å². The van der Waals surface area contributed by atoms with Gasteiger partial charge in [0, 0.05) is 40.5 Å². The molecule has 0 aliphatic heterocycles. The van der Waals surface area contributed by atoms with Crippen LogP contribution in [-0.2, 0) is 6.54 Å². The van der Waals surface area contributed by atoms with Gasteiger partial charge in [-0.15, -0.1) is 23.5 Å². The Kier molecular flexibility index (Phi) is 10.6. The number of carbonyl (C=O) groups is 1. The van der Waals surface area contributed by atoms with Crippen LogP contribution in [0.25, 0.3) is 11.1 Å². The molecule has 0 spiro atoms. The van der Waals surface area contributed by atoms with Crippen LogP contribution in [0.2, 0.25) is 0 Å². The average Bonchev–Trinajstić information content (AvgIpc) is 2.89. The summed E-state index contributed by atoms with van der Waals surface area (Å²) in [5, 5.41) is 6.50. The van der Waals surface area contributed by atoms with Gasteiger partial charge in [0.05, 0.1) is 18.9 Å². The van der Waals surface area contributed by atoms with Crippen molar-refractivity contribution in [1.82, 2.24) is 9.55 Å². The van der Waals surface area contributed by atoms with E-state index in [0.29, 0.717) is 39.9 Å². The van der Waals surface area contributed by atoms with Gasteiger partial charge in [-0.3, -0.25) is 4.79 Å². The normalized spacial score (nSPS) is 10.9. The maximum absolute atomic E-state index is 13.6. The quantitative estimate of drug-likeness (QED) is 0.248. The fraction of sp³-hybridized carbons (Fsp3) is 0.393. The molecule has 0 radical (unpaired) electrons. The Bertz CT molecular complexity index is 1320. The van der Waals surface area contributed by atoms with E-state index in [1.807, 2.05) is 57.5 Å². The first-order valence-electron chi connectivity index (χ1n) is 12.5. The Morgan fingerprint density at radius 2 is 1.82 bits per heavy atom. The Labute approximate surface area is 232 Å². The molecule has 0 saturated carbocycles. The lowest BCUT2D eigenvalue weighted by Gasteiger charge is -2.19. The van der Waals surface area contributed by atoms with Crippen molar-refractivity contribution in [3.05, 3.63) is 52.6 Å². The highest BCUT2D eigenvalue weighted by atomic mass is 32.2. The minimum absolute atomic E-state index is 0.102. The number of aromatic nitrogens is 2. The number of urea groups is 1. The number of nitrogens with one attached hydrogen (secondary N) is 2. The van der Waals surface area contributed by atoms with Crippen molar-refractivity contribution in [1.29, 1.82) is 0 Å². The Hall–Kier alpha value is -3.11. The molecule has 2 heterocycles. The highest BCUT2D eigenvalue weighted by Crippen LogP contribution is 2.37. The van der Waals surface area contributed by atoms with Crippen molar-refractivity contribution in [2.45, 2.75) is 63.1 Å².